The van der Waals surface area contributed by atoms with Crippen LogP contribution in [0.1, 0.15) is 27.2 Å². The van der Waals surface area contributed by atoms with Crippen LogP contribution in [0, 0.1) is 0 Å². The van der Waals surface area contributed by atoms with Gasteiger partial charge in [0.1, 0.15) is 25.3 Å². The summed E-state index contributed by atoms with van der Waals surface area (Å²) in [6, 6.07) is 0. The zero-order valence-electron chi connectivity index (χ0n) is 7.39. The summed E-state index contributed by atoms with van der Waals surface area (Å²) in [5, 5.41) is 0. The van der Waals surface area contributed by atoms with E-state index in [0.717, 1.165) is 0 Å². The van der Waals surface area contributed by atoms with Gasteiger partial charge < -0.3 is 0 Å². The van der Waals surface area contributed by atoms with Crippen LogP contribution in [0.4, 0.5) is 0 Å². The van der Waals surface area contributed by atoms with E-state index >= 15 is 0 Å². The zero-order valence-corrected chi connectivity index (χ0v) is 7.39. The Morgan fingerprint density at radius 3 is 1.91 bits per heavy atom. The van der Waals surface area contributed by atoms with E-state index in [0.29, 0.717) is 13.1 Å². The van der Waals surface area contributed by atoms with Crippen molar-refractivity contribution in [2.45, 2.75) is 27.2 Å². The van der Waals surface area contributed by atoms with Gasteiger partial charge in [0, 0.05) is 0 Å². The minimum atomic E-state index is -0.0677. The topological polar surface area (TPSA) is 40.0 Å². The lowest BCUT2D eigenvalue weighted by Gasteiger charge is -2.02. The third kappa shape index (κ3) is 3.88. The van der Waals surface area contributed by atoms with Crippen LogP contribution in [0.3, 0.4) is 0 Å². The Hall–Kier alpha value is -0.700. The van der Waals surface area contributed by atoms with Crippen LogP contribution in [-0.4, -0.2) is 24.8 Å². The minimum absolute atomic E-state index is 0.0433. The molecule has 1 radical (unpaired) electrons. The molecular weight excluding hydrogens is 142 g/mol. The van der Waals surface area contributed by atoms with Crippen LogP contribution in [0.5, 0.6) is 0 Å². The van der Waals surface area contributed by atoms with E-state index < -0.39 is 0 Å². The second-order valence-electron chi connectivity index (χ2n) is 2.44. The largest absolute Gasteiger partial charge is 0.368 e. The monoisotopic (exact) mass is 157 g/mol. The number of carbonyl (C=O) groups excluding carboxylic acids is 2. The van der Waals surface area contributed by atoms with Crippen LogP contribution in [0.25, 0.3) is 0 Å². The third-order valence-corrected chi connectivity index (χ3v) is 1.52. The van der Waals surface area contributed by atoms with Gasteiger partial charge in [0.2, 0.25) is 0 Å². The molecule has 0 aromatic carbocycles. The molecule has 0 bridgehead atoms. The van der Waals surface area contributed by atoms with Crippen LogP contribution < -0.4 is 4.90 Å². The second-order valence-corrected chi connectivity index (χ2v) is 2.44. The van der Waals surface area contributed by atoms with Gasteiger partial charge in [0.05, 0.1) is 0 Å². The molecule has 11 heavy (non-hydrogen) atoms. The summed E-state index contributed by atoms with van der Waals surface area (Å²) in [7, 11) is 0. The molecule has 3 nitrogen and oxygen atoms in total. The number of rotatable bonds is 4. The predicted octanol–water partition coefficient (Wildman–Crippen LogP) is 0.672. The summed E-state index contributed by atoms with van der Waals surface area (Å²) in [5.74, 6) is -0.135. The Morgan fingerprint density at radius 2 is 1.64 bits per heavy atom. The van der Waals surface area contributed by atoms with E-state index in [1.54, 1.807) is 4.90 Å². The van der Waals surface area contributed by atoms with Gasteiger partial charge >= 0.3 is 5.91 Å². The molecule has 0 heterocycles. The van der Waals surface area contributed by atoms with Gasteiger partial charge in [-0.05, 0) is 20.8 Å². The standard InChI is InChI=1S/C8H15NO2/c1-4-9(5-2)8(11)6-7(3)10/h4-6H2,1-3H3/q+1. The summed E-state index contributed by atoms with van der Waals surface area (Å²) < 4.78 is 0. The third-order valence-electron chi connectivity index (χ3n) is 1.52. The number of Topliss-reactive ketones (excluding diaryl/α,β-unsaturated/α-hetero) is 1. The van der Waals surface area contributed by atoms with Crippen LogP contribution in [0.15, 0.2) is 0 Å². The molecule has 0 aliphatic carbocycles. The number of hydrogen-bond donors (Lipinski definition) is 0. The van der Waals surface area contributed by atoms with Crippen molar-refractivity contribution in [3.8, 4) is 0 Å². The van der Waals surface area contributed by atoms with Gasteiger partial charge in [-0.2, -0.15) is 0 Å². The fourth-order valence-corrected chi connectivity index (χ4v) is 0.901. The number of amides is 1. The average Bonchev–Trinajstić information content (AvgIpc) is 1.88. The van der Waals surface area contributed by atoms with Crippen molar-refractivity contribution in [1.82, 2.24) is 4.90 Å². The quantitative estimate of drug-likeness (QED) is 0.444. The van der Waals surface area contributed by atoms with Gasteiger partial charge in [0.15, 0.2) is 0 Å². The SMILES string of the molecule is CC[N+](CC)C(=O)CC(C)=O. The molecule has 63 valence electrons. The van der Waals surface area contributed by atoms with Crippen molar-refractivity contribution in [2.24, 2.45) is 0 Å². The number of ketones is 1. The van der Waals surface area contributed by atoms with Crippen molar-refractivity contribution in [2.75, 3.05) is 13.1 Å². The second kappa shape index (κ2) is 5.02. The molecular formula is C8H15NO2+. The fraction of sp³-hybridized carbons (Fsp3) is 0.750. The van der Waals surface area contributed by atoms with Crippen molar-refractivity contribution in [1.29, 1.82) is 0 Å². The van der Waals surface area contributed by atoms with E-state index in [-0.39, 0.29) is 18.1 Å². The Kier molecular flexibility index (Phi) is 4.70. The Bertz CT molecular complexity index is 150. The first-order valence-corrected chi connectivity index (χ1v) is 3.89. The van der Waals surface area contributed by atoms with Gasteiger partial charge in [-0.15, -0.1) is 4.90 Å². The number of nitrogens with zero attached hydrogens (tertiary/aromatic N) is 1. The molecule has 0 unspecified atom stereocenters. The van der Waals surface area contributed by atoms with E-state index in [9.17, 15) is 9.59 Å². The fourth-order valence-electron chi connectivity index (χ4n) is 0.901. The molecule has 0 spiro atoms. The van der Waals surface area contributed by atoms with Crippen LogP contribution in [-0.2, 0) is 9.59 Å². The summed E-state index contributed by atoms with van der Waals surface area (Å²) in [5.41, 5.74) is 0. The Morgan fingerprint density at radius 1 is 1.18 bits per heavy atom. The summed E-state index contributed by atoms with van der Waals surface area (Å²) in [6.45, 7) is 6.61. The molecule has 0 N–H and O–H groups in total. The number of carbonyl (C=O) groups is 2. The Balaban J connectivity index is 3.89. The van der Waals surface area contributed by atoms with E-state index in [1.165, 1.54) is 6.92 Å². The predicted molar refractivity (Wildman–Crippen MR) is 43.5 cm³/mol. The molecule has 0 atom stereocenters. The van der Waals surface area contributed by atoms with Gasteiger partial charge in [-0.1, -0.05) is 0 Å². The first kappa shape index (κ1) is 10.3. The highest BCUT2D eigenvalue weighted by Gasteiger charge is 2.22. The molecule has 0 aromatic rings. The Labute approximate surface area is 67.4 Å². The van der Waals surface area contributed by atoms with E-state index in [2.05, 4.69) is 0 Å². The maximum Gasteiger partial charge on any atom is 0.368 e. The van der Waals surface area contributed by atoms with Crippen molar-refractivity contribution in [3.63, 3.8) is 0 Å². The van der Waals surface area contributed by atoms with Gasteiger partial charge in [0.25, 0.3) is 0 Å². The maximum absolute atomic E-state index is 11.1. The molecule has 0 saturated carbocycles. The first-order valence-electron chi connectivity index (χ1n) is 3.89. The molecule has 0 saturated heterocycles. The molecule has 0 aliphatic rings. The van der Waals surface area contributed by atoms with E-state index in [4.69, 9.17) is 0 Å². The van der Waals surface area contributed by atoms with Crippen LogP contribution in [0.2, 0.25) is 0 Å². The normalized spacial score (nSPS) is 10.2. The number of hydrogen-bond acceptors (Lipinski definition) is 2. The van der Waals surface area contributed by atoms with Gasteiger partial charge in [-0.3, -0.25) is 4.79 Å². The van der Waals surface area contributed by atoms with Crippen molar-refractivity contribution in [3.05, 3.63) is 0 Å². The lowest BCUT2D eigenvalue weighted by molar-refractivity contribution is -0.130. The molecule has 0 aliphatic heterocycles. The summed E-state index contributed by atoms with van der Waals surface area (Å²) >= 11 is 0. The highest BCUT2D eigenvalue weighted by Crippen LogP contribution is 1.90. The van der Waals surface area contributed by atoms with E-state index in [1.807, 2.05) is 13.8 Å². The lowest BCUT2D eigenvalue weighted by atomic mass is 10.3. The average molecular weight is 157 g/mol. The highest BCUT2D eigenvalue weighted by atomic mass is 16.2. The minimum Gasteiger partial charge on any atom is -0.299 e. The first-order chi connectivity index (χ1) is 5.11. The maximum atomic E-state index is 11.1. The highest BCUT2D eigenvalue weighted by molar-refractivity contribution is 5.97. The van der Waals surface area contributed by atoms with Gasteiger partial charge in [-0.25, -0.2) is 4.79 Å². The summed E-state index contributed by atoms with van der Waals surface area (Å²) in [4.78, 5) is 23.3. The molecule has 0 fully saturated rings. The lowest BCUT2D eigenvalue weighted by Crippen LogP contribution is -2.37. The van der Waals surface area contributed by atoms with Crippen molar-refractivity contribution < 1.29 is 9.59 Å². The zero-order chi connectivity index (χ0) is 8.85. The molecule has 0 aromatic heterocycles. The smallest absolute Gasteiger partial charge is 0.299 e. The molecule has 3 heteroatoms. The van der Waals surface area contributed by atoms with Crippen LogP contribution >= 0.6 is 0 Å². The molecule has 1 amide bonds. The molecule has 0 rings (SSSR count). The summed E-state index contributed by atoms with van der Waals surface area (Å²) in [6.07, 6.45) is 0.0433. The van der Waals surface area contributed by atoms with Crippen molar-refractivity contribution >= 4 is 11.7 Å².